The van der Waals surface area contributed by atoms with Crippen molar-refractivity contribution in [1.82, 2.24) is 24.9 Å². The van der Waals surface area contributed by atoms with Crippen LogP contribution in [0.1, 0.15) is 57.8 Å². The molecule has 14 nitrogen and oxygen atoms in total. The van der Waals surface area contributed by atoms with E-state index < -0.39 is 35.2 Å². The van der Waals surface area contributed by atoms with E-state index >= 15 is 0 Å². The third-order valence-electron chi connectivity index (χ3n) is 9.58. The van der Waals surface area contributed by atoms with E-state index in [-0.39, 0.29) is 35.8 Å². The standard InChI is InChI=1S/C36H32N8O6/c1-36(2,35(50)39-28-11-10-27(37-3)23-6-4-5-7-24(23)28)43-20-21(19-38-43)32(47)42-16-14-41(15-17-42)22-8-9-25-26(18-22)34(49)44(33(25)48)29-12-13-30(45)40-31(29)46/h4-11,18-20,29H,12-17H2,1-2H3,(H,39,50)(H,40,45,46). The van der Waals surface area contributed by atoms with Gasteiger partial charge in [-0.05, 0) is 55.3 Å². The molecule has 4 heterocycles. The van der Waals surface area contributed by atoms with E-state index in [9.17, 15) is 28.8 Å². The smallest absolute Gasteiger partial charge is 0.262 e. The molecule has 0 saturated carbocycles. The number of benzene rings is 3. The molecule has 0 radical (unpaired) electrons. The fourth-order valence-corrected chi connectivity index (χ4v) is 6.61. The molecule has 1 unspecified atom stereocenters. The van der Waals surface area contributed by atoms with Crippen molar-refractivity contribution in [2.45, 2.75) is 38.3 Å². The Kier molecular flexibility index (Phi) is 7.90. The first-order valence-corrected chi connectivity index (χ1v) is 16.1. The lowest BCUT2D eigenvalue weighted by Gasteiger charge is -2.36. The van der Waals surface area contributed by atoms with Gasteiger partial charge >= 0.3 is 0 Å². The Morgan fingerprint density at radius 2 is 1.66 bits per heavy atom. The lowest BCUT2D eigenvalue weighted by Crippen LogP contribution is -2.54. The average molecular weight is 673 g/mol. The SMILES string of the molecule is [C-]#[N+]c1ccc(NC(=O)C(C)(C)n2cc(C(=O)N3CCN(c4ccc5c(c4)C(=O)N(C4CCC(=O)NC4=O)C5=O)CC3)cn2)c2ccccc12. The first-order chi connectivity index (χ1) is 24.0. The molecule has 7 rings (SSSR count). The van der Waals surface area contributed by atoms with Gasteiger partial charge in [-0.25, -0.2) is 4.85 Å². The van der Waals surface area contributed by atoms with E-state index in [1.807, 2.05) is 29.2 Å². The maximum Gasteiger partial charge on any atom is 0.262 e. The van der Waals surface area contributed by atoms with E-state index in [1.165, 1.54) is 10.9 Å². The zero-order chi connectivity index (χ0) is 35.3. The van der Waals surface area contributed by atoms with Gasteiger partial charge in [0.1, 0.15) is 11.6 Å². The molecule has 0 aliphatic carbocycles. The Morgan fingerprint density at radius 3 is 2.38 bits per heavy atom. The van der Waals surface area contributed by atoms with Crippen LogP contribution in [0.3, 0.4) is 0 Å². The van der Waals surface area contributed by atoms with Gasteiger partial charge in [-0.1, -0.05) is 30.3 Å². The number of piperazine rings is 1. The highest BCUT2D eigenvalue weighted by atomic mass is 16.2. The molecule has 3 aliphatic rings. The summed E-state index contributed by atoms with van der Waals surface area (Å²) < 4.78 is 1.46. The number of amides is 6. The van der Waals surface area contributed by atoms with E-state index in [0.29, 0.717) is 48.8 Å². The number of carbonyl (C=O) groups excluding carboxylic acids is 6. The zero-order valence-electron chi connectivity index (χ0n) is 27.3. The normalized spacial score (nSPS) is 17.9. The predicted molar refractivity (Wildman–Crippen MR) is 182 cm³/mol. The number of nitrogens with zero attached hydrogens (tertiary/aromatic N) is 6. The first-order valence-electron chi connectivity index (χ1n) is 16.1. The minimum atomic E-state index is -1.16. The Morgan fingerprint density at radius 1 is 0.940 bits per heavy atom. The van der Waals surface area contributed by atoms with Crippen LogP contribution in [-0.4, -0.2) is 87.2 Å². The predicted octanol–water partition coefficient (Wildman–Crippen LogP) is 3.32. The van der Waals surface area contributed by atoms with Gasteiger partial charge in [-0.2, -0.15) is 5.10 Å². The highest BCUT2D eigenvalue weighted by Gasteiger charge is 2.45. The molecule has 1 aromatic heterocycles. The van der Waals surface area contributed by atoms with Crippen LogP contribution < -0.4 is 15.5 Å². The number of hydrogen-bond acceptors (Lipinski definition) is 8. The maximum atomic E-state index is 13.5. The van der Waals surface area contributed by atoms with Crippen LogP contribution in [0.15, 0.2) is 67.0 Å². The summed E-state index contributed by atoms with van der Waals surface area (Å²) in [4.78, 5) is 85.6. The van der Waals surface area contributed by atoms with Gasteiger partial charge in [0, 0.05) is 50.2 Å². The Labute approximate surface area is 286 Å². The number of fused-ring (bicyclic) bond motifs is 2. The average Bonchev–Trinajstić information content (AvgIpc) is 3.72. The molecule has 6 amide bonds. The molecule has 252 valence electrons. The molecule has 1 atom stereocenters. The molecular weight excluding hydrogens is 640 g/mol. The summed E-state index contributed by atoms with van der Waals surface area (Å²) in [5, 5.41) is 11.0. The number of rotatable bonds is 6. The van der Waals surface area contributed by atoms with Crippen molar-refractivity contribution < 1.29 is 28.8 Å². The van der Waals surface area contributed by atoms with Gasteiger partial charge in [-0.3, -0.25) is 43.7 Å². The second-order valence-corrected chi connectivity index (χ2v) is 12.9. The minimum Gasteiger partial charge on any atom is -0.368 e. The summed E-state index contributed by atoms with van der Waals surface area (Å²) in [6.45, 7) is 12.5. The van der Waals surface area contributed by atoms with E-state index in [0.717, 1.165) is 15.7 Å². The van der Waals surface area contributed by atoms with Crippen molar-refractivity contribution in [3.63, 3.8) is 0 Å². The molecule has 50 heavy (non-hydrogen) atoms. The molecular formula is C36H32N8O6. The third-order valence-corrected chi connectivity index (χ3v) is 9.58. The molecule has 0 bridgehead atoms. The fraction of sp³-hybridized carbons (Fsp3) is 0.278. The Balaban J connectivity index is 0.996. The highest BCUT2D eigenvalue weighted by molar-refractivity contribution is 6.23. The second-order valence-electron chi connectivity index (χ2n) is 12.9. The molecule has 0 spiro atoms. The van der Waals surface area contributed by atoms with Crippen molar-refractivity contribution >= 4 is 63.3 Å². The molecule has 14 heteroatoms. The largest absolute Gasteiger partial charge is 0.368 e. The van der Waals surface area contributed by atoms with Crippen LogP contribution in [-0.2, 0) is 19.9 Å². The molecule has 3 aromatic carbocycles. The Hall–Kier alpha value is -6.36. The van der Waals surface area contributed by atoms with Crippen LogP contribution in [0.25, 0.3) is 15.6 Å². The first kappa shape index (κ1) is 32.2. The summed E-state index contributed by atoms with van der Waals surface area (Å²) in [5.41, 5.74) is 1.35. The molecule has 2 saturated heterocycles. The van der Waals surface area contributed by atoms with Crippen LogP contribution in [0.4, 0.5) is 17.1 Å². The number of hydrogen-bond donors (Lipinski definition) is 2. The maximum absolute atomic E-state index is 13.5. The number of aromatic nitrogens is 2. The monoisotopic (exact) mass is 672 g/mol. The lowest BCUT2D eigenvalue weighted by atomic mass is 10.0. The summed E-state index contributed by atoms with van der Waals surface area (Å²) in [7, 11) is 0. The number of anilines is 2. The Bertz CT molecular complexity index is 2170. The van der Waals surface area contributed by atoms with Crippen molar-refractivity contribution in [2.75, 3.05) is 36.4 Å². The second kappa shape index (κ2) is 12.3. The highest BCUT2D eigenvalue weighted by Crippen LogP contribution is 2.33. The lowest BCUT2D eigenvalue weighted by molar-refractivity contribution is -0.136. The van der Waals surface area contributed by atoms with Crippen molar-refractivity contribution in [2.24, 2.45) is 0 Å². The number of carbonyl (C=O) groups is 6. The molecule has 4 aromatic rings. The topological polar surface area (TPSA) is 158 Å². The van der Waals surface area contributed by atoms with Crippen molar-refractivity contribution in [1.29, 1.82) is 0 Å². The van der Waals surface area contributed by atoms with Crippen LogP contribution >= 0.6 is 0 Å². The molecule has 2 fully saturated rings. The van der Waals surface area contributed by atoms with Gasteiger partial charge < -0.3 is 15.1 Å². The summed E-state index contributed by atoms with van der Waals surface area (Å²) in [6.07, 6.45) is 3.14. The summed E-state index contributed by atoms with van der Waals surface area (Å²) in [5.74, 6) is -2.81. The number of piperidine rings is 1. The summed E-state index contributed by atoms with van der Waals surface area (Å²) in [6, 6.07) is 14.7. The fourth-order valence-electron chi connectivity index (χ4n) is 6.61. The minimum absolute atomic E-state index is 0.0458. The van der Waals surface area contributed by atoms with Gasteiger partial charge in [0.2, 0.25) is 11.8 Å². The van der Waals surface area contributed by atoms with Crippen LogP contribution in [0.2, 0.25) is 0 Å². The summed E-state index contributed by atoms with van der Waals surface area (Å²) >= 11 is 0. The van der Waals surface area contributed by atoms with Gasteiger partial charge in [-0.15, -0.1) is 0 Å². The van der Waals surface area contributed by atoms with Crippen LogP contribution in [0, 0.1) is 6.57 Å². The van der Waals surface area contributed by atoms with E-state index in [2.05, 4.69) is 20.6 Å². The van der Waals surface area contributed by atoms with E-state index in [4.69, 9.17) is 6.57 Å². The van der Waals surface area contributed by atoms with Crippen molar-refractivity contribution in [3.05, 3.63) is 95.1 Å². The van der Waals surface area contributed by atoms with Crippen molar-refractivity contribution in [3.8, 4) is 0 Å². The number of imide groups is 2. The molecule has 3 aliphatic heterocycles. The number of nitrogens with one attached hydrogen (secondary N) is 2. The van der Waals surface area contributed by atoms with Gasteiger partial charge in [0.15, 0.2) is 5.69 Å². The van der Waals surface area contributed by atoms with E-state index in [1.54, 1.807) is 55.3 Å². The van der Waals surface area contributed by atoms with Gasteiger partial charge in [0.05, 0.1) is 29.5 Å². The molecule has 2 N–H and O–H groups in total. The zero-order valence-corrected chi connectivity index (χ0v) is 27.3. The van der Waals surface area contributed by atoms with Gasteiger partial charge in [0.25, 0.3) is 23.6 Å². The van der Waals surface area contributed by atoms with Crippen LogP contribution in [0.5, 0.6) is 0 Å². The third kappa shape index (κ3) is 5.42. The quantitative estimate of drug-likeness (QED) is 0.233.